The first-order valence-corrected chi connectivity index (χ1v) is 6.01. The van der Waals surface area contributed by atoms with Crippen LogP contribution in [0.2, 0.25) is 0 Å². The minimum atomic E-state index is -0.117. The zero-order valence-electron chi connectivity index (χ0n) is 10.2. The number of benzene rings is 1. The summed E-state index contributed by atoms with van der Waals surface area (Å²) in [5, 5.41) is 0. The van der Waals surface area contributed by atoms with Crippen molar-refractivity contribution in [3.8, 4) is 5.75 Å². The molecule has 3 rings (SSSR count). The number of hydrogen-bond acceptors (Lipinski definition) is 2. The maximum Gasteiger partial charge on any atom is 0.123 e. The second-order valence-corrected chi connectivity index (χ2v) is 5.99. The third-order valence-electron chi connectivity index (χ3n) is 4.21. The van der Waals surface area contributed by atoms with Gasteiger partial charge in [0, 0.05) is 12.0 Å². The van der Waals surface area contributed by atoms with Crippen LogP contribution in [0.4, 0.5) is 0 Å². The monoisotopic (exact) mass is 217 g/mol. The number of rotatable bonds is 1. The summed E-state index contributed by atoms with van der Waals surface area (Å²) < 4.78 is 5.71. The van der Waals surface area contributed by atoms with E-state index in [0.29, 0.717) is 6.10 Å². The molecule has 1 aromatic carbocycles. The maximum atomic E-state index is 6.43. The molecule has 1 saturated carbocycles. The highest BCUT2D eigenvalue weighted by Crippen LogP contribution is 2.60. The lowest BCUT2D eigenvalue weighted by Crippen LogP contribution is -2.25. The Labute approximate surface area is 96.8 Å². The van der Waals surface area contributed by atoms with E-state index >= 15 is 0 Å². The van der Waals surface area contributed by atoms with Gasteiger partial charge >= 0.3 is 0 Å². The lowest BCUT2D eigenvalue weighted by atomic mass is 9.95. The van der Waals surface area contributed by atoms with Gasteiger partial charge in [-0.25, -0.2) is 0 Å². The standard InChI is InChI=1S/C14H19NO/c1-9-6-10-7-11(4-5-12(10)16-9)14(15)8-13(14,2)3/h4-5,7,9H,6,8,15H2,1-3H3. The van der Waals surface area contributed by atoms with Gasteiger partial charge in [0.25, 0.3) is 0 Å². The number of ether oxygens (including phenoxy) is 1. The third-order valence-corrected chi connectivity index (χ3v) is 4.21. The van der Waals surface area contributed by atoms with Gasteiger partial charge in [-0.3, -0.25) is 0 Å². The molecule has 0 amide bonds. The molecular formula is C14H19NO. The zero-order chi connectivity index (χ0) is 11.6. The summed E-state index contributed by atoms with van der Waals surface area (Å²) in [6.07, 6.45) is 2.40. The van der Waals surface area contributed by atoms with Gasteiger partial charge in [0.05, 0.1) is 0 Å². The Morgan fingerprint density at radius 1 is 1.38 bits per heavy atom. The van der Waals surface area contributed by atoms with Gasteiger partial charge in [-0.1, -0.05) is 26.0 Å². The van der Waals surface area contributed by atoms with Crippen LogP contribution >= 0.6 is 0 Å². The molecule has 0 radical (unpaired) electrons. The van der Waals surface area contributed by atoms with Crippen LogP contribution in [-0.4, -0.2) is 6.10 Å². The highest BCUT2D eigenvalue weighted by Gasteiger charge is 2.59. The predicted molar refractivity (Wildman–Crippen MR) is 64.5 cm³/mol. The largest absolute Gasteiger partial charge is 0.490 e. The molecule has 2 heteroatoms. The van der Waals surface area contributed by atoms with Crippen LogP contribution in [0, 0.1) is 5.41 Å². The van der Waals surface area contributed by atoms with E-state index < -0.39 is 0 Å². The van der Waals surface area contributed by atoms with Crippen molar-refractivity contribution in [3.63, 3.8) is 0 Å². The van der Waals surface area contributed by atoms with Gasteiger partial charge in [0.1, 0.15) is 11.9 Å². The molecule has 0 bridgehead atoms. The first-order valence-electron chi connectivity index (χ1n) is 6.01. The molecule has 0 spiro atoms. The second kappa shape index (κ2) is 2.80. The summed E-state index contributed by atoms with van der Waals surface area (Å²) in [6.45, 7) is 6.58. The number of hydrogen-bond donors (Lipinski definition) is 1. The van der Waals surface area contributed by atoms with Gasteiger partial charge in [0.2, 0.25) is 0 Å². The molecule has 1 aromatic rings. The van der Waals surface area contributed by atoms with E-state index in [0.717, 1.165) is 18.6 Å². The van der Waals surface area contributed by atoms with Gasteiger partial charge in [0.15, 0.2) is 0 Å². The van der Waals surface area contributed by atoms with Crippen LogP contribution in [0.15, 0.2) is 18.2 Å². The van der Waals surface area contributed by atoms with Crippen LogP contribution in [-0.2, 0) is 12.0 Å². The van der Waals surface area contributed by atoms with Crippen LogP contribution in [0.5, 0.6) is 5.75 Å². The Morgan fingerprint density at radius 2 is 2.06 bits per heavy atom. The molecule has 86 valence electrons. The van der Waals surface area contributed by atoms with Gasteiger partial charge in [-0.2, -0.15) is 0 Å². The second-order valence-electron chi connectivity index (χ2n) is 5.99. The summed E-state index contributed by atoms with van der Waals surface area (Å²) in [6, 6.07) is 6.45. The Bertz CT molecular complexity index is 452. The lowest BCUT2D eigenvalue weighted by Gasteiger charge is -2.16. The highest BCUT2D eigenvalue weighted by atomic mass is 16.5. The van der Waals surface area contributed by atoms with Crippen molar-refractivity contribution in [2.24, 2.45) is 11.1 Å². The van der Waals surface area contributed by atoms with Crippen molar-refractivity contribution >= 4 is 0 Å². The minimum absolute atomic E-state index is 0.117. The van der Waals surface area contributed by atoms with E-state index in [4.69, 9.17) is 10.5 Å². The quantitative estimate of drug-likeness (QED) is 0.784. The van der Waals surface area contributed by atoms with E-state index in [1.54, 1.807) is 0 Å². The van der Waals surface area contributed by atoms with E-state index in [1.165, 1.54) is 11.1 Å². The summed E-state index contributed by atoms with van der Waals surface area (Å²) in [5.74, 6) is 1.04. The van der Waals surface area contributed by atoms with Gasteiger partial charge in [-0.05, 0) is 36.0 Å². The van der Waals surface area contributed by atoms with Crippen molar-refractivity contribution in [3.05, 3.63) is 29.3 Å². The molecule has 1 heterocycles. The average molecular weight is 217 g/mol. The zero-order valence-corrected chi connectivity index (χ0v) is 10.2. The van der Waals surface area contributed by atoms with Crippen LogP contribution in [0.25, 0.3) is 0 Å². The molecule has 1 fully saturated rings. The molecule has 0 aromatic heterocycles. The summed E-state index contributed by atoms with van der Waals surface area (Å²) in [5.41, 5.74) is 9.15. The molecular weight excluding hydrogens is 198 g/mol. The van der Waals surface area contributed by atoms with E-state index in [1.807, 2.05) is 0 Å². The summed E-state index contributed by atoms with van der Waals surface area (Å²) in [4.78, 5) is 0. The highest BCUT2D eigenvalue weighted by molar-refractivity contribution is 5.45. The first-order chi connectivity index (χ1) is 7.42. The van der Waals surface area contributed by atoms with Crippen molar-refractivity contribution in [1.82, 2.24) is 0 Å². The molecule has 1 aliphatic carbocycles. The smallest absolute Gasteiger partial charge is 0.123 e. The predicted octanol–water partition coefficient (Wildman–Crippen LogP) is 2.59. The Kier molecular flexibility index (Phi) is 1.78. The molecule has 2 aliphatic rings. The van der Waals surface area contributed by atoms with Crippen molar-refractivity contribution < 1.29 is 4.74 Å². The van der Waals surface area contributed by atoms with E-state index in [9.17, 15) is 0 Å². The van der Waals surface area contributed by atoms with Crippen LogP contribution < -0.4 is 10.5 Å². The molecule has 2 nitrogen and oxygen atoms in total. The summed E-state index contributed by atoms with van der Waals surface area (Å²) >= 11 is 0. The molecule has 0 saturated heterocycles. The van der Waals surface area contributed by atoms with E-state index in [-0.39, 0.29) is 11.0 Å². The molecule has 1 aliphatic heterocycles. The fourth-order valence-electron chi connectivity index (χ4n) is 2.85. The molecule has 2 unspecified atom stereocenters. The average Bonchev–Trinajstić information content (AvgIpc) is 2.55. The van der Waals surface area contributed by atoms with Crippen molar-refractivity contribution in [2.45, 2.75) is 45.3 Å². The summed E-state index contributed by atoms with van der Waals surface area (Å²) in [7, 11) is 0. The van der Waals surface area contributed by atoms with Crippen molar-refractivity contribution in [2.75, 3.05) is 0 Å². The Hall–Kier alpha value is -1.02. The first kappa shape index (κ1) is 10.2. The number of fused-ring (bicyclic) bond motifs is 1. The molecule has 16 heavy (non-hydrogen) atoms. The number of nitrogens with two attached hydrogens (primary N) is 1. The van der Waals surface area contributed by atoms with E-state index in [2.05, 4.69) is 39.0 Å². The fraction of sp³-hybridized carbons (Fsp3) is 0.571. The van der Waals surface area contributed by atoms with Crippen LogP contribution in [0.1, 0.15) is 38.3 Å². The van der Waals surface area contributed by atoms with Gasteiger partial charge in [-0.15, -0.1) is 0 Å². The maximum absolute atomic E-state index is 6.43. The Balaban J connectivity index is 1.98. The van der Waals surface area contributed by atoms with Crippen molar-refractivity contribution in [1.29, 1.82) is 0 Å². The third kappa shape index (κ3) is 1.23. The lowest BCUT2D eigenvalue weighted by molar-refractivity contribution is 0.254. The SMILES string of the molecule is CC1Cc2cc(C3(N)CC3(C)C)ccc2O1. The Morgan fingerprint density at radius 3 is 2.69 bits per heavy atom. The van der Waals surface area contributed by atoms with Gasteiger partial charge < -0.3 is 10.5 Å². The molecule has 2 N–H and O–H groups in total. The fourth-order valence-corrected chi connectivity index (χ4v) is 2.85. The molecule has 2 atom stereocenters. The van der Waals surface area contributed by atoms with Crippen LogP contribution in [0.3, 0.4) is 0 Å². The minimum Gasteiger partial charge on any atom is -0.490 e. The topological polar surface area (TPSA) is 35.2 Å². The normalized spacial score (nSPS) is 34.4.